The molecule has 1 aromatic carbocycles. The van der Waals surface area contributed by atoms with Crippen LogP contribution >= 0.6 is 11.6 Å². The van der Waals surface area contributed by atoms with Crippen molar-refractivity contribution in [1.82, 2.24) is 4.98 Å². The van der Waals surface area contributed by atoms with Gasteiger partial charge in [-0.15, -0.1) is 0 Å². The molecule has 0 aliphatic carbocycles. The van der Waals surface area contributed by atoms with Gasteiger partial charge in [-0.1, -0.05) is 11.6 Å². The summed E-state index contributed by atoms with van der Waals surface area (Å²) >= 11 is 5.84. The minimum absolute atomic E-state index is 0.0346. The maximum absolute atomic E-state index is 12.4. The molecule has 0 atom stereocenters. The molecule has 0 aliphatic rings. The lowest BCUT2D eigenvalue weighted by molar-refractivity contribution is -0.140. The Morgan fingerprint density at radius 2 is 1.88 bits per heavy atom. The average molecular weight is 362 g/mol. The molecular weight excluding hydrogens is 342 g/mol. The Morgan fingerprint density at radius 1 is 1.20 bits per heavy atom. The molecule has 0 radical (unpaired) electrons. The fraction of sp³-hybridized carbons (Fsp3) is 0.278. The predicted octanol–water partition coefficient (Wildman–Crippen LogP) is 3.58. The van der Waals surface area contributed by atoms with Gasteiger partial charge in [0.15, 0.2) is 5.82 Å². The molecule has 2 aromatic rings. The number of rotatable bonds is 6. The normalized spacial score (nSPS) is 10.2. The zero-order valence-electron chi connectivity index (χ0n) is 14.4. The lowest BCUT2D eigenvalue weighted by atomic mass is 10.2. The highest BCUT2D eigenvalue weighted by Gasteiger charge is 2.13. The topological polar surface area (TPSA) is 80.3 Å². The van der Waals surface area contributed by atoms with Crippen molar-refractivity contribution in [2.45, 2.75) is 20.8 Å². The third kappa shape index (κ3) is 5.19. The smallest absolute Gasteiger partial charge is 0.325 e. The van der Waals surface area contributed by atoms with E-state index >= 15 is 0 Å². The van der Waals surface area contributed by atoms with Crippen LogP contribution in [0.1, 0.15) is 28.5 Å². The van der Waals surface area contributed by atoms with Gasteiger partial charge in [0, 0.05) is 16.3 Å². The molecule has 0 saturated carbocycles. The van der Waals surface area contributed by atoms with Crippen LogP contribution in [0.15, 0.2) is 30.3 Å². The summed E-state index contributed by atoms with van der Waals surface area (Å²) in [5.74, 6) is -0.267. The largest absolute Gasteiger partial charge is 0.465 e. The maximum atomic E-state index is 12.4. The maximum Gasteiger partial charge on any atom is 0.325 e. The highest BCUT2D eigenvalue weighted by Crippen LogP contribution is 2.23. The van der Waals surface area contributed by atoms with Crippen molar-refractivity contribution < 1.29 is 14.3 Å². The van der Waals surface area contributed by atoms with Crippen molar-refractivity contribution in [3.63, 3.8) is 0 Å². The van der Waals surface area contributed by atoms with Gasteiger partial charge in [0.1, 0.15) is 6.54 Å². The number of amides is 1. The van der Waals surface area contributed by atoms with Crippen LogP contribution in [0.25, 0.3) is 0 Å². The van der Waals surface area contributed by atoms with E-state index < -0.39 is 5.97 Å². The highest BCUT2D eigenvalue weighted by atomic mass is 35.5. The summed E-state index contributed by atoms with van der Waals surface area (Å²) in [4.78, 5) is 28.4. The van der Waals surface area contributed by atoms with E-state index in [9.17, 15) is 9.59 Å². The Bertz CT molecular complexity index is 776. The molecule has 0 saturated heterocycles. The molecule has 6 nitrogen and oxygen atoms in total. The molecule has 132 valence electrons. The van der Waals surface area contributed by atoms with Gasteiger partial charge >= 0.3 is 5.97 Å². The van der Waals surface area contributed by atoms with Gasteiger partial charge in [0.05, 0.1) is 12.3 Å². The Morgan fingerprint density at radius 3 is 2.52 bits per heavy atom. The summed E-state index contributed by atoms with van der Waals surface area (Å²) in [5.41, 5.74) is 2.69. The SMILES string of the molecule is CCOC(=O)CNc1nc(C)c(C)cc1NC(=O)c1ccc(Cl)cc1. The first-order valence-corrected chi connectivity index (χ1v) is 8.23. The first-order chi connectivity index (χ1) is 11.9. The van der Waals surface area contributed by atoms with Crippen molar-refractivity contribution in [2.75, 3.05) is 23.8 Å². The Kier molecular flexibility index (Phi) is 6.36. The summed E-state index contributed by atoms with van der Waals surface area (Å²) in [6.45, 7) is 5.77. The van der Waals surface area contributed by atoms with Gasteiger partial charge in [0.25, 0.3) is 5.91 Å². The summed E-state index contributed by atoms with van der Waals surface area (Å²) in [6, 6.07) is 8.38. The van der Waals surface area contributed by atoms with Crippen LogP contribution in [0, 0.1) is 13.8 Å². The van der Waals surface area contributed by atoms with Crippen molar-refractivity contribution in [3.05, 3.63) is 52.2 Å². The monoisotopic (exact) mass is 361 g/mol. The van der Waals surface area contributed by atoms with Gasteiger partial charge in [0.2, 0.25) is 0 Å². The zero-order chi connectivity index (χ0) is 18.4. The summed E-state index contributed by atoms with van der Waals surface area (Å²) < 4.78 is 4.89. The number of carbonyl (C=O) groups is 2. The minimum Gasteiger partial charge on any atom is -0.465 e. The van der Waals surface area contributed by atoms with Crippen molar-refractivity contribution in [3.8, 4) is 0 Å². The third-order valence-corrected chi connectivity index (χ3v) is 3.78. The van der Waals surface area contributed by atoms with Crippen molar-refractivity contribution in [1.29, 1.82) is 0 Å². The average Bonchev–Trinajstić information content (AvgIpc) is 2.57. The molecule has 0 unspecified atom stereocenters. The standard InChI is InChI=1S/C18H20ClN3O3/c1-4-25-16(23)10-20-17-15(9-11(2)12(3)21-17)22-18(24)13-5-7-14(19)8-6-13/h5-9H,4,10H2,1-3H3,(H,20,21)(H,22,24). The lowest BCUT2D eigenvalue weighted by Gasteiger charge is -2.14. The fourth-order valence-corrected chi connectivity index (χ4v) is 2.23. The second kappa shape index (κ2) is 8.48. The molecule has 0 bridgehead atoms. The molecule has 2 N–H and O–H groups in total. The molecule has 1 aromatic heterocycles. The molecule has 0 fully saturated rings. The zero-order valence-corrected chi connectivity index (χ0v) is 15.1. The predicted molar refractivity (Wildman–Crippen MR) is 98.2 cm³/mol. The van der Waals surface area contributed by atoms with Crippen molar-refractivity contribution in [2.24, 2.45) is 0 Å². The number of nitrogens with one attached hydrogen (secondary N) is 2. The van der Waals surface area contributed by atoms with Gasteiger partial charge in [-0.05, 0) is 56.7 Å². The number of hydrogen-bond donors (Lipinski definition) is 2. The molecule has 25 heavy (non-hydrogen) atoms. The number of carbonyl (C=O) groups excluding carboxylic acids is 2. The van der Waals surface area contributed by atoms with Crippen LogP contribution in [-0.4, -0.2) is 30.0 Å². The number of hydrogen-bond acceptors (Lipinski definition) is 5. The van der Waals surface area contributed by atoms with Crippen LogP contribution in [0.4, 0.5) is 11.5 Å². The van der Waals surface area contributed by atoms with Crippen molar-refractivity contribution >= 4 is 35.0 Å². The second-order valence-corrected chi connectivity index (χ2v) is 5.84. The van der Waals surface area contributed by atoms with E-state index in [1.54, 1.807) is 31.2 Å². The van der Waals surface area contributed by atoms with Crippen LogP contribution in [0.3, 0.4) is 0 Å². The van der Waals surface area contributed by atoms with E-state index in [1.807, 2.05) is 19.9 Å². The third-order valence-electron chi connectivity index (χ3n) is 3.53. The van der Waals surface area contributed by atoms with E-state index in [1.165, 1.54) is 0 Å². The van der Waals surface area contributed by atoms with Crippen LogP contribution in [0.5, 0.6) is 0 Å². The van der Waals surface area contributed by atoms with Crippen LogP contribution < -0.4 is 10.6 Å². The number of ether oxygens (including phenoxy) is 1. The minimum atomic E-state index is -0.391. The molecule has 2 rings (SSSR count). The Hall–Kier alpha value is -2.60. The lowest BCUT2D eigenvalue weighted by Crippen LogP contribution is -2.20. The van der Waals surface area contributed by atoms with E-state index in [4.69, 9.17) is 16.3 Å². The second-order valence-electron chi connectivity index (χ2n) is 5.41. The first kappa shape index (κ1) is 18.7. The van der Waals surface area contributed by atoms with E-state index in [-0.39, 0.29) is 12.5 Å². The summed E-state index contributed by atoms with van der Waals surface area (Å²) in [7, 11) is 0. The van der Waals surface area contributed by atoms with Gasteiger partial charge in [-0.2, -0.15) is 0 Å². The summed E-state index contributed by atoms with van der Waals surface area (Å²) in [5, 5.41) is 6.28. The van der Waals surface area contributed by atoms with Gasteiger partial charge in [-0.25, -0.2) is 4.98 Å². The first-order valence-electron chi connectivity index (χ1n) is 7.85. The number of pyridine rings is 1. The van der Waals surface area contributed by atoms with E-state index in [0.29, 0.717) is 28.7 Å². The number of aryl methyl sites for hydroxylation is 2. The molecule has 7 heteroatoms. The summed E-state index contributed by atoms with van der Waals surface area (Å²) in [6.07, 6.45) is 0. The number of aromatic nitrogens is 1. The molecule has 0 aliphatic heterocycles. The van der Waals surface area contributed by atoms with Crippen LogP contribution in [0.2, 0.25) is 5.02 Å². The number of benzene rings is 1. The molecular formula is C18H20ClN3O3. The number of halogens is 1. The van der Waals surface area contributed by atoms with E-state index in [0.717, 1.165) is 11.3 Å². The van der Waals surface area contributed by atoms with Gasteiger partial charge in [-0.3, -0.25) is 9.59 Å². The molecule has 1 heterocycles. The van der Waals surface area contributed by atoms with Crippen LogP contribution in [-0.2, 0) is 9.53 Å². The van der Waals surface area contributed by atoms with E-state index in [2.05, 4.69) is 15.6 Å². The number of anilines is 2. The molecule has 1 amide bonds. The number of nitrogens with zero attached hydrogens (tertiary/aromatic N) is 1. The Labute approximate surface area is 151 Å². The highest BCUT2D eigenvalue weighted by molar-refractivity contribution is 6.30. The number of esters is 1. The molecule has 0 spiro atoms. The van der Waals surface area contributed by atoms with Gasteiger partial charge < -0.3 is 15.4 Å². The Balaban J connectivity index is 2.20. The fourth-order valence-electron chi connectivity index (χ4n) is 2.10. The quantitative estimate of drug-likeness (QED) is 0.769.